The molecule has 0 radical (unpaired) electrons. The molecule has 0 heterocycles. The third-order valence-corrected chi connectivity index (χ3v) is 2.77. The monoisotopic (exact) mass is 351 g/mol. The van der Waals surface area contributed by atoms with Crippen LogP contribution < -0.4 is 5.73 Å². The van der Waals surface area contributed by atoms with Gasteiger partial charge in [0.1, 0.15) is 0 Å². The van der Waals surface area contributed by atoms with Crippen molar-refractivity contribution in [3.8, 4) is 0 Å². The fourth-order valence-corrected chi connectivity index (χ4v) is 1.87. The van der Waals surface area contributed by atoms with Gasteiger partial charge in [-0.2, -0.15) is 26.3 Å². The number of rotatable bonds is 2. The van der Waals surface area contributed by atoms with E-state index in [2.05, 4.69) is 15.9 Å². The smallest absolute Gasteiger partial charge is 0.382 e. The maximum atomic E-state index is 12.5. The van der Waals surface area contributed by atoms with Crippen LogP contribution in [0.2, 0.25) is 0 Å². The molecule has 3 N–H and O–H groups in total. The van der Waals surface area contributed by atoms with Crippen molar-refractivity contribution < 1.29 is 31.4 Å². The van der Waals surface area contributed by atoms with Crippen LogP contribution >= 0.6 is 15.9 Å². The van der Waals surface area contributed by atoms with E-state index in [-0.39, 0.29) is 4.47 Å². The minimum atomic E-state index is -5.01. The van der Waals surface area contributed by atoms with Crippen molar-refractivity contribution in [1.29, 1.82) is 0 Å². The van der Waals surface area contributed by atoms with Gasteiger partial charge in [-0.1, -0.05) is 15.9 Å². The molecule has 0 aliphatic heterocycles. The van der Waals surface area contributed by atoms with Crippen LogP contribution in [-0.2, 0) is 6.18 Å². The van der Waals surface area contributed by atoms with E-state index in [1.807, 2.05) is 0 Å². The molecule has 0 bridgehead atoms. The van der Waals surface area contributed by atoms with E-state index in [9.17, 15) is 26.3 Å². The molecule has 1 aromatic rings. The minimum absolute atomic E-state index is 0.0813. The molecule has 0 unspecified atom stereocenters. The Morgan fingerprint density at radius 3 is 2.00 bits per heavy atom. The van der Waals surface area contributed by atoms with Gasteiger partial charge in [0.05, 0.1) is 11.6 Å². The fourth-order valence-electron chi connectivity index (χ4n) is 1.35. The molecule has 2 nitrogen and oxygen atoms in total. The zero-order valence-electron chi connectivity index (χ0n) is 9.06. The Morgan fingerprint density at radius 2 is 1.58 bits per heavy atom. The predicted molar refractivity (Wildman–Crippen MR) is 58.1 cm³/mol. The van der Waals surface area contributed by atoms with E-state index in [1.165, 1.54) is 0 Å². The highest BCUT2D eigenvalue weighted by atomic mass is 79.9. The number of aliphatic hydroxyl groups is 1. The molecule has 108 valence electrons. The molecule has 0 aliphatic carbocycles. The molecule has 0 saturated heterocycles. The van der Waals surface area contributed by atoms with Gasteiger partial charge in [-0.25, -0.2) is 0 Å². The second-order valence-corrected chi connectivity index (χ2v) is 4.70. The lowest BCUT2D eigenvalue weighted by atomic mass is 9.99. The highest BCUT2D eigenvalue weighted by molar-refractivity contribution is 9.10. The second kappa shape index (κ2) is 5.29. The number of aliphatic hydroxyl groups excluding tert-OH is 1. The lowest BCUT2D eigenvalue weighted by Gasteiger charge is -2.22. The highest BCUT2D eigenvalue weighted by Gasteiger charge is 2.43. The summed E-state index contributed by atoms with van der Waals surface area (Å²) in [6.45, 7) is 0. The van der Waals surface area contributed by atoms with Gasteiger partial charge in [-0.05, 0) is 23.8 Å². The molecular weight excluding hydrogens is 344 g/mol. The van der Waals surface area contributed by atoms with Gasteiger partial charge in [0, 0.05) is 4.47 Å². The van der Waals surface area contributed by atoms with E-state index in [1.54, 1.807) is 0 Å². The number of benzene rings is 1. The summed E-state index contributed by atoms with van der Waals surface area (Å²) in [5.74, 6) is 0. The van der Waals surface area contributed by atoms with Gasteiger partial charge in [-0.15, -0.1) is 0 Å². The Labute approximate surface area is 112 Å². The molecule has 19 heavy (non-hydrogen) atoms. The molecule has 0 amide bonds. The van der Waals surface area contributed by atoms with Crippen LogP contribution in [0.5, 0.6) is 0 Å². The van der Waals surface area contributed by atoms with Gasteiger partial charge in [-0.3, -0.25) is 0 Å². The summed E-state index contributed by atoms with van der Waals surface area (Å²) in [5.41, 5.74) is 3.53. The van der Waals surface area contributed by atoms with Crippen LogP contribution in [0.25, 0.3) is 0 Å². The molecule has 0 aliphatic rings. The third kappa shape index (κ3) is 4.08. The van der Waals surface area contributed by atoms with Crippen LogP contribution in [0.3, 0.4) is 0 Å². The van der Waals surface area contributed by atoms with Crippen molar-refractivity contribution in [2.45, 2.75) is 24.5 Å². The lowest BCUT2D eigenvalue weighted by molar-refractivity contribution is -0.210. The van der Waals surface area contributed by atoms with Crippen LogP contribution in [0.15, 0.2) is 22.7 Å². The number of nitrogens with two attached hydrogens (primary N) is 1. The molecule has 0 fully saturated rings. The summed E-state index contributed by atoms with van der Waals surface area (Å²) in [6.07, 6.45) is -12.7. The first-order chi connectivity index (χ1) is 8.43. The van der Waals surface area contributed by atoms with Crippen molar-refractivity contribution in [2.24, 2.45) is 5.73 Å². The second-order valence-electron chi connectivity index (χ2n) is 3.78. The van der Waals surface area contributed by atoms with Crippen molar-refractivity contribution in [2.75, 3.05) is 0 Å². The average Bonchev–Trinajstić information content (AvgIpc) is 2.23. The minimum Gasteiger partial charge on any atom is -0.382 e. The predicted octanol–water partition coefficient (Wildman–Crippen LogP) is 3.39. The summed E-state index contributed by atoms with van der Waals surface area (Å²) in [7, 11) is 0. The first-order valence-electron chi connectivity index (χ1n) is 4.81. The Hall–Kier alpha value is -0.800. The number of halogens is 7. The van der Waals surface area contributed by atoms with Crippen molar-refractivity contribution in [3.05, 3.63) is 33.8 Å². The number of hydrogen-bond acceptors (Lipinski definition) is 2. The summed E-state index contributed by atoms with van der Waals surface area (Å²) >= 11 is 2.75. The van der Waals surface area contributed by atoms with Gasteiger partial charge >= 0.3 is 12.4 Å². The SMILES string of the molecule is N[C@H](c1cc(Br)cc(C(F)(F)F)c1)[C@@H](O)C(F)(F)F. The normalized spacial score (nSPS) is 16.3. The lowest BCUT2D eigenvalue weighted by Crippen LogP contribution is -2.38. The Kier molecular flexibility index (Phi) is 4.53. The van der Waals surface area contributed by atoms with Gasteiger partial charge in [0.2, 0.25) is 0 Å². The highest BCUT2D eigenvalue weighted by Crippen LogP contribution is 2.35. The van der Waals surface area contributed by atoms with Gasteiger partial charge in [0.25, 0.3) is 0 Å². The summed E-state index contributed by atoms with van der Waals surface area (Å²) < 4.78 is 74.2. The standard InChI is InChI=1S/C10H8BrF6NO/c11-6-2-4(1-5(3-6)9(12,13)14)7(18)8(19)10(15,16)17/h1-3,7-8,19H,18H2/t7-,8-/m1/s1. The van der Waals surface area contributed by atoms with E-state index < -0.39 is 35.6 Å². The number of alkyl halides is 6. The fraction of sp³-hybridized carbons (Fsp3) is 0.400. The Morgan fingerprint density at radius 1 is 1.05 bits per heavy atom. The largest absolute Gasteiger partial charge is 0.416 e. The topological polar surface area (TPSA) is 46.2 Å². The summed E-state index contributed by atoms with van der Waals surface area (Å²) in [6, 6.07) is 0.175. The van der Waals surface area contributed by atoms with E-state index in [0.717, 1.165) is 6.07 Å². The first-order valence-corrected chi connectivity index (χ1v) is 5.60. The van der Waals surface area contributed by atoms with Crippen LogP contribution in [0.4, 0.5) is 26.3 Å². The van der Waals surface area contributed by atoms with Crippen molar-refractivity contribution in [1.82, 2.24) is 0 Å². The van der Waals surface area contributed by atoms with Crippen LogP contribution in [0.1, 0.15) is 17.2 Å². The zero-order chi connectivity index (χ0) is 15.0. The summed E-state index contributed by atoms with van der Waals surface area (Å²) in [5, 5.41) is 8.95. The van der Waals surface area contributed by atoms with E-state index in [0.29, 0.717) is 12.1 Å². The number of hydrogen-bond donors (Lipinski definition) is 2. The maximum Gasteiger partial charge on any atom is 0.416 e. The first kappa shape index (κ1) is 16.3. The van der Waals surface area contributed by atoms with Gasteiger partial charge < -0.3 is 10.8 Å². The Balaban J connectivity index is 3.18. The van der Waals surface area contributed by atoms with Crippen molar-refractivity contribution >= 4 is 15.9 Å². The van der Waals surface area contributed by atoms with E-state index >= 15 is 0 Å². The molecule has 9 heteroatoms. The Bertz CT molecular complexity index is 458. The average molecular weight is 352 g/mol. The molecule has 2 atom stereocenters. The maximum absolute atomic E-state index is 12.5. The molecule has 0 aromatic heterocycles. The third-order valence-electron chi connectivity index (χ3n) is 2.31. The molecule has 0 saturated carbocycles. The quantitative estimate of drug-likeness (QED) is 0.802. The molecule has 1 rings (SSSR count). The summed E-state index contributed by atoms with van der Waals surface area (Å²) in [4.78, 5) is 0. The van der Waals surface area contributed by atoms with Crippen LogP contribution in [-0.4, -0.2) is 17.4 Å². The molecule has 0 spiro atoms. The molecular formula is C10H8BrF6NO. The van der Waals surface area contributed by atoms with Gasteiger partial charge in [0.15, 0.2) is 6.10 Å². The molecule has 1 aromatic carbocycles. The van der Waals surface area contributed by atoms with E-state index in [4.69, 9.17) is 10.8 Å². The van der Waals surface area contributed by atoms with Crippen molar-refractivity contribution in [3.63, 3.8) is 0 Å². The zero-order valence-corrected chi connectivity index (χ0v) is 10.6. The van der Waals surface area contributed by atoms with Crippen LogP contribution in [0, 0.1) is 0 Å².